The lowest BCUT2D eigenvalue weighted by molar-refractivity contribution is 0.0951. The van der Waals surface area contributed by atoms with Gasteiger partial charge in [0, 0.05) is 18.8 Å². The summed E-state index contributed by atoms with van der Waals surface area (Å²) in [6, 6.07) is 12.6. The quantitative estimate of drug-likeness (QED) is 0.719. The van der Waals surface area contributed by atoms with Gasteiger partial charge in [0.25, 0.3) is 5.91 Å². The molecule has 0 aromatic heterocycles. The number of hydrogen-bond acceptors (Lipinski definition) is 4. The summed E-state index contributed by atoms with van der Waals surface area (Å²) in [4.78, 5) is 14.9. The van der Waals surface area contributed by atoms with Crippen molar-refractivity contribution in [3.63, 3.8) is 0 Å². The summed E-state index contributed by atoms with van der Waals surface area (Å²) in [7, 11) is -3.40. The SMILES string of the molecule is CS(=O)(=O)Nc1ccc(C(=O)NCc2cccc(CN3CCCC3)c2)c(Cl)c1. The average Bonchev–Trinajstić information content (AvgIpc) is 3.12. The number of halogens is 1. The van der Waals surface area contributed by atoms with Crippen LogP contribution in [0.1, 0.15) is 34.3 Å². The summed E-state index contributed by atoms with van der Waals surface area (Å²) in [6.07, 6.45) is 3.57. The van der Waals surface area contributed by atoms with E-state index in [2.05, 4.69) is 27.1 Å². The van der Waals surface area contributed by atoms with E-state index in [9.17, 15) is 13.2 Å². The zero-order chi connectivity index (χ0) is 20.1. The highest BCUT2D eigenvalue weighted by molar-refractivity contribution is 7.92. The Kier molecular flexibility index (Phi) is 6.59. The van der Waals surface area contributed by atoms with Gasteiger partial charge in [-0.25, -0.2) is 8.42 Å². The second kappa shape index (κ2) is 8.94. The zero-order valence-electron chi connectivity index (χ0n) is 15.7. The van der Waals surface area contributed by atoms with Crippen LogP contribution in [0.2, 0.25) is 5.02 Å². The highest BCUT2D eigenvalue weighted by atomic mass is 35.5. The molecule has 3 rings (SSSR count). The van der Waals surface area contributed by atoms with E-state index in [4.69, 9.17) is 11.6 Å². The van der Waals surface area contributed by atoms with Crippen LogP contribution >= 0.6 is 11.6 Å². The molecule has 28 heavy (non-hydrogen) atoms. The summed E-state index contributed by atoms with van der Waals surface area (Å²) >= 11 is 6.15. The Balaban J connectivity index is 1.60. The minimum absolute atomic E-state index is 0.189. The third-order valence-electron chi connectivity index (χ3n) is 4.57. The number of likely N-dealkylation sites (tertiary alicyclic amines) is 1. The van der Waals surface area contributed by atoms with Gasteiger partial charge < -0.3 is 5.32 Å². The van der Waals surface area contributed by atoms with Crippen LogP contribution in [0.15, 0.2) is 42.5 Å². The molecule has 1 aliphatic rings. The van der Waals surface area contributed by atoms with E-state index < -0.39 is 10.0 Å². The summed E-state index contributed by atoms with van der Waals surface area (Å²) in [6.45, 7) is 3.61. The predicted molar refractivity (Wildman–Crippen MR) is 112 cm³/mol. The van der Waals surface area contributed by atoms with Gasteiger partial charge in [-0.1, -0.05) is 35.9 Å². The molecule has 8 heteroatoms. The lowest BCUT2D eigenvalue weighted by Gasteiger charge is -2.15. The predicted octanol–water partition coefficient (Wildman–Crippen LogP) is 3.24. The van der Waals surface area contributed by atoms with Crippen molar-refractivity contribution >= 4 is 33.2 Å². The van der Waals surface area contributed by atoms with Gasteiger partial charge in [0.1, 0.15) is 0 Å². The number of hydrogen-bond donors (Lipinski definition) is 2. The van der Waals surface area contributed by atoms with Crippen LogP contribution in [0.3, 0.4) is 0 Å². The van der Waals surface area contributed by atoms with Crippen molar-refractivity contribution in [3.05, 3.63) is 64.2 Å². The standard InChI is InChI=1S/C20H24ClN3O3S/c1-28(26,27)23-17-7-8-18(19(21)12-17)20(25)22-13-15-5-4-6-16(11-15)14-24-9-2-3-10-24/h4-8,11-12,23H,2-3,9-10,13-14H2,1H3,(H,22,25). The van der Waals surface area contributed by atoms with E-state index in [-0.39, 0.29) is 10.9 Å². The molecule has 1 saturated heterocycles. The number of amides is 1. The molecule has 0 bridgehead atoms. The first-order chi connectivity index (χ1) is 13.3. The smallest absolute Gasteiger partial charge is 0.253 e. The first-order valence-electron chi connectivity index (χ1n) is 9.16. The van der Waals surface area contributed by atoms with E-state index in [1.54, 1.807) is 0 Å². The fraction of sp³-hybridized carbons (Fsp3) is 0.350. The Labute approximate surface area is 170 Å². The summed E-state index contributed by atoms with van der Waals surface area (Å²) < 4.78 is 24.9. The molecule has 0 radical (unpaired) electrons. The second-order valence-corrected chi connectivity index (χ2v) is 9.21. The molecule has 2 aromatic rings. The van der Waals surface area contributed by atoms with E-state index in [0.717, 1.165) is 31.5 Å². The van der Waals surface area contributed by atoms with Gasteiger partial charge in [0.2, 0.25) is 10.0 Å². The van der Waals surface area contributed by atoms with Crippen LogP contribution in [0.5, 0.6) is 0 Å². The molecular weight excluding hydrogens is 398 g/mol. The lowest BCUT2D eigenvalue weighted by atomic mass is 10.1. The summed E-state index contributed by atoms with van der Waals surface area (Å²) in [5.41, 5.74) is 2.88. The Morgan fingerprint density at radius 3 is 2.50 bits per heavy atom. The summed E-state index contributed by atoms with van der Waals surface area (Å²) in [5.74, 6) is -0.305. The maximum Gasteiger partial charge on any atom is 0.253 e. The summed E-state index contributed by atoms with van der Waals surface area (Å²) in [5, 5.41) is 3.06. The maximum absolute atomic E-state index is 12.5. The normalized spacial score (nSPS) is 14.8. The molecule has 1 fully saturated rings. The van der Waals surface area contributed by atoms with Gasteiger partial charge in [-0.05, 0) is 55.3 Å². The number of carbonyl (C=O) groups excluding carboxylic acids is 1. The molecule has 0 aliphatic carbocycles. The minimum Gasteiger partial charge on any atom is -0.348 e. The van der Waals surface area contributed by atoms with E-state index in [1.165, 1.54) is 36.6 Å². The molecule has 1 heterocycles. The van der Waals surface area contributed by atoms with Gasteiger partial charge >= 0.3 is 0 Å². The Bertz CT molecular complexity index is 957. The van der Waals surface area contributed by atoms with Gasteiger partial charge in [0.05, 0.1) is 16.8 Å². The van der Waals surface area contributed by atoms with Crippen LogP contribution in [0, 0.1) is 0 Å². The Morgan fingerprint density at radius 1 is 1.11 bits per heavy atom. The number of nitrogens with one attached hydrogen (secondary N) is 2. The Hall–Kier alpha value is -2.09. The monoisotopic (exact) mass is 421 g/mol. The molecule has 2 aromatic carbocycles. The highest BCUT2D eigenvalue weighted by Crippen LogP contribution is 2.22. The molecule has 150 valence electrons. The molecule has 0 spiro atoms. The number of benzene rings is 2. The maximum atomic E-state index is 12.5. The van der Waals surface area contributed by atoms with Crippen molar-refractivity contribution in [2.45, 2.75) is 25.9 Å². The van der Waals surface area contributed by atoms with Gasteiger partial charge in [0.15, 0.2) is 0 Å². The molecule has 6 nitrogen and oxygen atoms in total. The second-order valence-electron chi connectivity index (χ2n) is 7.05. The molecule has 0 atom stereocenters. The zero-order valence-corrected chi connectivity index (χ0v) is 17.3. The van der Waals surface area contributed by atoms with E-state index in [0.29, 0.717) is 17.8 Å². The number of sulfonamides is 1. The topological polar surface area (TPSA) is 78.5 Å². The molecule has 1 aliphatic heterocycles. The number of carbonyl (C=O) groups is 1. The molecule has 0 saturated carbocycles. The van der Waals surface area contributed by atoms with E-state index in [1.807, 2.05) is 12.1 Å². The van der Waals surface area contributed by atoms with Crippen LogP contribution in [0.25, 0.3) is 0 Å². The first kappa shape index (κ1) is 20.6. The van der Waals surface area contributed by atoms with Crippen molar-refractivity contribution in [1.82, 2.24) is 10.2 Å². The van der Waals surface area contributed by atoms with Crippen molar-refractivity contribution in [2.75, 3.05) is 24.1 Å². The average molecular weight is 422 g/mol. The Morgan fingerprint density at radius 2 is 1.82 bits per heavy atom. The van der Waals surface area contributed by atoms with Crippen LogP contribution < -0.4 is 10.0 Å². The molecular formula is C20H24ClN3O3S. The third-order valence-corrected chi connectivity index (χ3v) is 5.49. The van der Waals surface area contributed by atoms with Crippen molar-refractivity contribution in [3.8, 4) is 0 Å². The number of rotatable bonds is 7. The van der Waals surface area contributed by atoms with E-state index >= 15 is 0 Å². The number of anilines is 1. The molecule has 0 unspecified atom stereocenters. The lowest BCUT2D eigenvalue weighted by Crippen LogP contribution is -2.23. The van der Waals surface area contributed by atoms with Gasteiger partial charge in [-0.2, -0.15) is 0 Å². The van der Waals surface area contributed by atoms with Crippen LogP contribution in [0.4, 0.5) is 5.69 Å². The molecule has 2 N–H and O–H groups in total. The fourth-order valence-corrected chi connectivity index (χ4v) is 4.11. The van der Waals surface area contributed by atoms with Crippen molar-refractivity contribution in [2.24, 2.45) is 0 Å². The number of nitrogens with zero attached hydrogens (tertiary/aromatic N) is 1. The third kappa shape index (κ3) is 5.95. The minimum atomic E-state index is -3.40. The highest BCUT2D eigenvalue weighted by Gasteiger charge is 2.14. The fourth-order valence-electron chi connectivity index (χ4n) is 3.29. The van der Waals surface area contributed by atoms with Gasteiger partial charge in [-0.15, -0.1) is 0 Å². The molecule has 1 amide bonds. The van der Waals surface area contributed by atoms with Crippen molar-refractivity contribution in [1.29, 1.82) is 0 Å². The van der Waals surface area contributed by atoms with Crippen LogP contribution in [-0.2, 0) is 23.1 Å². The van der Waals surface area contributed by atoms with Crippen molar-refractivity contribution < 1.29 is 13.2 Å². The van der Waals surface area contributed by atoms with Crippen LogP contribution in [-0.4, -0.2) is 38.6 Å². The first-order valence-corrected chi connectivity index (χ1v) is 11.4. The van der Waals surface area contributed by atoms with Gasteiger partial charge in [-0.3, -0.25) is 14.4 Å². The largest absolute Gasteiger partial charge is 0.348 e.